The van der Waals surface area contributed by atoms with Crippen LogP contribution >= 0.6 is 23.2 Å². The van der Waals surface area contributed by atoms with Crippen molar-refractivity contribution in [1.82, 2.24) is 5.32 Å². The van der Waals surface area contributed by atoms with Crippen molar-refractivity contribution in [3.8, 4) is 0 Å². The minimum absolute atomic E-state index is 0.00909. The Balaban J connectivity index is 1.75. The lowest BCUT2D eigenvalue weighted by Gasteiger charge is -2.18. The van der Waals surface area contributed by atoms with Gasteiger partial charge in [0, 0.05) is 22.5 Å². The molecule has 1 saturated carbocycles. The Morgan fingerprint density at radius 1 is 1.17 bits per heavy atom. The molecule has 0 aromatic heterocycles. The Kier molecular flexibility index (Phi) is 6.59. The maximum atomic E-state index is 13.6. The molecule has 1 aliphatic carbocycles. The van der Waals surface area contributed by atoms with Gasteiger partial charge in [-0.25, -0.2) is 0 Å². The smallest absolute Gasteiger partial charge is 0.352 e. The molecule has 0 radical (unpaired) electrons. The lowest BCUT2D eigenvalue weighted by Crippen LogP contribution is -2.24. The summed E-state index contributed by atoms with van der Waals surface area (Å²) in [5, 5.41) is 3.51. The predicted octanol–water partition coefficient (Wildman–Crippen LogP) is 6.69. The number of carbonyl (C=O) groups is 1. The normalized spacial score (nSPS) is 15.5. The van der Waals surface area contributed by atoms with Crippen molar-refractivity contribution in [3.05, 3.63) is 74.8 Å². The average molecular weight is 442 g/mol. The molecule has 0 heterocycles. The van der Waals surface area contributed by atoms with Crippen molar-refractivity contribution in [2.75, 3.05) is 0 Å². The summed E-state index contributed by atoms with van der Waals surface area (Å²) in [7, 11) is 0. The van der Waals surface area contributed by atoms with Crippen LogP contribution < -0.4 is 5.32 Å². The predicted molar refractivity (Wildman–Crippen MR) is 110 cm³/mol. The van der Waals surface area contributed by atoms with Crippen LogP contribution in [-0.2, 0) is 11.3 Å². The molecule has 3 rings (SSSR count). The molecule has 0 bridgehead atoms. The third-order valence-electron chi connectivity index (χ3n) is 4.87. The monoisotopic (exact) mass is 441 g/mol. The molecule has 1 N–H and O–H groups in total. The zero-order chi connectivity index (χ0) is 21.2. The van der Waals surface area contributed by atoms with Crippen molar-refractivity contribution >= 4 is 35.2 Å². The second-order valence-corrected chi connectivity index (χ2v) is 8.04. The first-order chi connectivity index (χ1) is 13.6. The third-order valence-corrected chi connectivity index (χ3v) is 5.63. The second kappa shape index (κ2) is 8.80. The molecular formula is C22H20Cl2F3NO. The van der Waals surface area contributed by atoms with E-state index < -0.39 is 12.1 Å². The second-order valence-electron chi connectivity index (χ2n) is 7.23. The summed E-state index contributed by atoms with van der Waals surface area (Å²) in [5.41, 5.74) is 2.06. The Labute approximate surface area is 177 Å². The van der Waals surface area contributed by atoms with Crippen LogP contribution in [0, 0.1) is 12.8 Å². The van der Waals surface area contributed by atoms with E-state index in [1.807, 2.05) is 0 Å². The lowest BCUT2D eigenvalue weighted by molar-refractivity contribution is -0.139. The van der Waals surface area contributed by atoms with Gasteiger partial charge < -0.3 is 5.32 Å². The molecule has 154 valence electrons. The number of alkyl halides is 3. The van der Waals surface area contributed by atoms with Crippen molar-refractivity contribution in [2.24, 2.45) is 5.92 Å². The van der Waals surface area contributed by atoms with Crippen molar-refractivity contribution in [3.63, 3.8) is 0 Å². The van der Waals surface area contributed by atoms with Gasteiger partial charge in [0.2, 0.25) is 5.91 Å². The van der Waals surface area contributed by atoms with Gasteiger partial charge in [0.1, 0.15) is 0 Å². The molecule has 2 nitrogen and oxygen atoms in total. The molecule has 1 aliphatic rings. The summed E-state index contributed by atoms with van der Waals surface area (Å²) >= 11 is 12.2. The highest BCUT2D eigenvalue weighted by molar-refractivity contribution is 6.31. The first-order valence-corrected chi connectivity index (χ1v) is 9.98. The van der Waals surface area contributed by atoms with Crippen LogP contribution in [0.2, 0.25) is 10.0 Å². The number of benzene rings is 2. The zero-order valence-electron chi connectivity index (χ0n) is 15.7. The van der Waals surface area contributed by atoms with Crippen LogP contribution in [0.15, 0.2) is 42.5 Å². The molecule has 1 unspecified atom stereocenters. The number of carbonyl (C=O) groups excluding carboxylic acids is 1. The highest BCUT2D eigenvalue weighted by Crippen LogP contribution is 2.38. The summed E-state index contributed by atoms with van der Waals surface area (Å²) in [6.45, 7) is 2.03. The highest BCUT2D eigenvalue weighted by atomic mass is 35.5. The van der Waals surface area contributed by atoms with Gasteiger partial charge in [0.15, 0.2) is 0 Å². The first kappa shape index (κ1) is 21.7. The van der Waals surface area contributed by atoms with Crippen LogP contribution in [0.4, 0.5) is 13.2 Å². The maximum absolute atomic E-state index is 13.6. The van der Waals surface area contributed by atoms with Crippen LogP contribution in [0.1, 0.15) is 41.0 Å². The largest absolute Gasteiger partial charge is 0.399 e. The standard InChI is InChI=1S/C22H20Cl2F3NO/c1-13-2-5-16(11-19(13)23)18(22(25,26)27)9-4-14-3-6-17(20(24)10-14)12-28-21(29)15-7-8-15/h2-6,9-11,15,18H,7-8,12H2,1H3,(H,28,29)/b9-4+. The fourth-order valence-electron chi connectivity index (χ4n) is 2.90. The van der Waals surface area contributed by atoms with Gasteiger partial charge >= 0.3 is 6.18 Å². The first-order valence-electron chi connectivity index (χ1n) is 9.22. The van der Waals surface area contributed by atoms with Gasteiger partial charge in [-0.2, -0.15) is 13.2 Å². The Morgan fingerprint density at radius 2 is 1.90 bits per heavy atom. The summed E-state index contributed by atoms with van der Waals surface area (Å²) in [6, 6.07) is 9.33. The van der Waals surface area contributed by atoms with Gasteiger partial charge in [0.05, 0.1) is 5.92 Å². The number of allylic oxidation sites excluding steroid dienone is 1. The number of rotatable bonds is 6. The third kappa shape index (κ3) is 5.77. The quantitative estimate of drug-likeness (QED) is 0.531. The van der Waals surface area contributed by atoms with Crippen LogP contribution in [0.25, 0.3) is 6.08 Å². The zero-order valence-corrected chi connectivity index (χ0v) is 17.2. The molecule has 2 aromatic rings. The van der Waals surface area contributed by atoms with Crippen LogP contribution in [0.5, 0.6) is 0 Å². The molecule has 0 spiro atoms. The molecule has 1 amide bonds. The Bertz CT molecular complexity index is 936. The van der Waals surface area contributed by atoms with Gasteiger partial charge in [-0.3, -0.25) is 4.79 Å². The molecular weight excluding hydrogens is 422 g/mol. The fourth-order valence-corrected chi connectivity index (χ4v) is 3.35. The summed E-state index contributed by atoms with van der Waals surface area (Å²) < 4.78 is 40.7. The van der Waals surface area contributed by atoms with Crippen LogP contribution in [0.3, 0.4) is 0 Å². The summed E-state index contributed by atoms with van der Waals surface area (Å²) in [6.07, 6.45) is -0.136. The Hall–Kier alpha value is -1.98. The number of amides is 1. The van der Waals surface area contributed by atoms with E-state index in [4.69, 9.17) is 23.2 Å². The molecule has 0 aliphatic heterocycles. The van der Waals surface area contributed by atoms with Gasteiger partial charge in [-0.05, 0) is 54.2 Å². The van der Waals surface area contributed by atoms with Gasteiger partial charge in [-0.1, -0.05) is 59.6 Å². The number of hydrogen-bond acceptors (Lipinski definition) is 1. The minimum Gasteiger partial charge on any atom is -0.352 e. The van der Waals surface area contributed by atoms with E-state index in [1.165, 1.54) is 18.2 Å². The van der Waals surface area contributed by atoms with Crippen molar-refractivity contribution < 1.29 is 18.0 Å². The van der Waals surface area contributed by atoms with E-state index in [0.29, 0.717) is 22.2 Å². The molecule has 1 fully saturated rings. The minimum atomic E-state index is -4.45. The fraction of sp³-hybridized carbons (Fsp3) is 0.318. The van der Waals surface area contributed by atoms with Gasteiger partial charge in [0.25, 0.3) is 0 Å². The average Bonchev–Trinajstić information content (AvgIpc) is 3.48. The van der Waals surface area contributed by atoms with Crippen molar-refractivity contribution in [2.45, 2.75) is 38.4 Å². The topological polar surface area (TPSA) is 29.1 Å². The van der Waals surface area contributed by atoms with Gasteiger partial charge in [-0.15, -0.1) is 0 Å². The highest BCUT2D eigenvalue weighted by Gasteiger charge is 2.39. The molecule has 29 heavy (non-hydrogen) atoms. The van der Waals surface area contributed by atoms with Crippen LogP contribution in [-0.4, -0.2) is 12.1 Å². The molecule has 0 saturated heterocycles. The van der Waals surface area contributed by atoms with E-state index in [-0.39, 0.29) is 17.4 Å². The number of nitrogens with one attached hydrogen (secondary N) is 1. The van der Waals surface area contributed by atoms with E-state index >= 15 is 0 Å². The summed E-state index contributed by atoms with van der Waals surface area (Å²) in [5.74, 6) is -1.67. The molecule has 2 aromatic carbocycles. The van der Waals surface area contributed by atoms with E-state index in [2.05, 4.69) is 5.32 Å². The maximum Gasteiger partial charge on any atom is 0.399 e. The molecule has 1 atom stereocenters. The number of aryl methyl sites for hydroxylation is 1. The SMILES string of the molecule is Cc1ccc(C(/C=C/c2ccc(CNC(=O)C3CC3)c(Cl)c2)C(F)(F)F)cc1Cl. The van der Waals surface area contributed by atoms with E-state index in [9.17, 15) is 18.0 Å². The number of hydrogen-bond donors (Lipinski definition) is 1. The Morgan fingerprint density at radius 3 is 2.48 bits per heavy atom. The number of halogens is 5. The lowest BCUT2D eigenvalue weighted by atomic mass is 9.96. The molecule has 7 heteroatoms. The van der Waals surface area contributed by atoms with E-state index in [0.717, 1.165) is 30.0 Å². The van der Waals surface area contributed by atoms with E-state index in [1.54, 1.807) is 31.2 Å². The summed E-state index contributed by atoms with van der Waals surface area (Å²) in [4.78, 5) is 11.7. The van der Waals surface area contributed by atoms with Crippen molar-refractivity contribution in [1.29, 1.82) is 0 Å².